The van der Waals surface area contributed by atoms with E-state index in [1.807, 2.05) is 42.5 Å². The quantitative estimate of drug-likeness (QED) is 0.780. The molecule has 1 aliphatic heterocycles. The third-order valence-electron chi connectivity index (χ3n) is 3.79. The molecule has 0 bridgehead atoms. The van der Waals surface area contributed by atoms with Crippen molar-refractivity contribution < 1.29 is 9.53 Å². The van der Waals surface area contributed by atoms with Crippen molar-refractivity contribution in [2.75, 3.05) is 11.5 Å². The van der Waals surface area contributed by atoms with Gasteiger partial charge in [0.05, 0.1) is 29.1 Å². The van der Waals surface area contributed by atoms with Gasteiger partial charge in [-0.25, -0.2) is 9.78 Å². The van der Waals surface area contributed by atoms with Crippen molar-refractivity contribution >= 4 is 34.4 Å². The summed E-state index contributed by atoms with van der Waals surface area (Å²) in [6, 6.07) is 12.9. The minimum atomic E-state index is -0.358. The zero-order chi connectivity index (χ0) is 15.1. The normalized spacial score (nSPS) is 18.0. The van der Waals surface area contributed by atoms with Gasteiger partial charge in [-0.2, -0.15) is 0 Å². The van der Waals surface area contributed by atoms with Crippen LogP contribution < -0.4 is 4.90 Å². The Morgan fingerprint density at radius 3 is 3.05 bits per heavy atom. The molecule has 0 aliphatic carbocycles. The molecule has 1 fully saturated rings. The number of cyclic esters (lactones) is 1. The Hall–Kier alpha value is -2.53. The van der Waals surface area contributed by atoms with Crippen molar-refractivity contribution in [1.29, 1.82) is 0 Å². The van der Waals surface area contributed by atoms with Gasteiger partial charge in [-0.1, -0.05) is 23.7 Å². The third-order valence-corrected chi connectivity index (χ3v) is 4.02. The summed E-state index contributed by atoms with van der Waals surface area (Å²) < 4.78 is 5.24. The number of anilines is 1. The smallest absolute Gasteiger partial charge is 0.415 e. The number of carbonyl (C=O) groups excluding carboxylic acids is 1. The molecule has 0 radical (unpaired) electrons. The molecule has 6 heteroatoms. The van der Waals surface area contributed by atoms with Gasteiger partial charge < -0.3 is 9.72 Å². The summed E-state index contributed by atoms with van der Waals surface area (Å²) in [7, 11) is 0. The van der Waals surface area contributed by atoms with Crippen LogP contribution >= 0.6 is 11.6 Å². The SMILES string of the molecule is O=C1OC[C@H](c2cccc(Cl)c2)N1c1ccc2nc[nH]c2c1. The standard InChI is InChI=1S/C16H12ClN3O2/c17-11-3-1-2-10(6-11)15-8-22-16(21)20(15)12-4-5-13-14(7-12)19-9-18-13/h1-7,9,15H,8H2,(H,18,19)/t15-/m1/s1. The molecule has 3 aromatic rings. The van der Waals surface area contributed by atoms with E-state index in [1.165, 1.54) is 0 Å². The first-order valence-electron chi connectivity index (χ1n) is 6.87. The molecule has 0 unspecified atom stereocenters. The Balaban J connectivity index is 1.78. The highest BCUT2D eigenvalue weighted by atomic mass is 35.5. The summed E-state index contributed by atoms with van der Waals surface area (Å²) in [6.45, 7) is 0.306. The molecule has 0 saturated carbocycles. The van der Waals surface area contributed by atoms with Gasteiger partial charge in [0.25, 0.3) is 0 Å². The number of aromatic nitrogens is 2. The highest BCUT2D eigenvalue weighted by Crippen LogP contribution is 2.34. The fourth-order valence-electron chi connectivity index (χ4n) is 2.74. The summed E-state index contributed by atoms with van der Waals surface area (Å²) in [6.07, 6.45) is 1.27. The minimum absolute atomic E-state index is 0.188. The average molecular weight is 314 g/mol. The highest BCUT2D eigenvalue weighted by molar-refractivity contribution is 6.30. The number of aromatic amines is 1. The summed E-state index contributed by atoms with van der Waals surface area (Å²) >= 11 is 6.06. The van der Waals surface area contributed by atoms with E-state index in [0.29, 0.717) is 11.6 Å². The maximum atomic E-state index is 12.2. The number of benzene rings is 2. The molecule has 22 heavy (non-hydrogen) atoms. The van der Waals surface area contributed by atoms with Gasteiger partial charge in [0.15, 0.2) is 0 Å². The zero-order valence-corrected chi connectivity index (χ0v) is 12.2. The predicted octanol–water partition coefficient (Wildman–Crippen LogP) is 3.91. The maximum absolute atomic E-state index is 12.2. The number of halogens is 1. The van der Waals surface area contributed by atoms with Crippen LogP contribution in [0, 0.1) is 0 Å². The van der Waals surface area contributed by atoms with E-state index >= 15 is 0 Å². The number of rotatable bonds is 2. The second-order valence-electron chi connectivity index (χ2n) is 5.12. The molecule has 1 atom stereocenters. The molecule has 4 rings (SSSR count). The lowest BCUT2D eigenvalue weighted by Gasteiger charge is -2.22. The van der Waals surface area contributed by atoms with Crippen LogP contribution in [0.1, 0.15) is 11.6 Å². The molecular weight excluding hydrogens is 302 g/mol. The lowest BCUT2D eigenvalue weighted by molar-refractivity contribution is 0.179. The predicted molar refractivity (Wildman–Crippen MR) is 84.1 cm³/mol. The largest absolute Gasteiger partial charge is 0.447 e. The molecule has 1 saturated heterocycles. The van der Waals surface area contributed by atoms with Crippen LogP contribution in [0.2, 0.25) is 5.02 Å². The lowest BCUT2D eigenvalue weighted by atomic mass is 10.1. The van der Waals surface area contributed by atoms with E-state index in [0.717, 1.165) is 22.3 Å². The summed E-state index contributed by atoms with van der Waals surface area (Å²) in [4.78, 5) is 21.0. The van der Waals surface area contributed by atoms with Crippen LogP contribution in [0.4, 0.5) is 10.5 Å². The molecule has 1 amide bonds. The van der Waals surface area contributed by atoms with Crippen LogP contribution in [0.15, 0.2) is 48.8 Å². The number of amides is 1. The Kier molecular flexibility index (Phi) is 3.01. The fourth-order valence-corrected chi connectivity index (χ4v) is 2.94. The molecule has 110 valence electrons. The maximum Gasteiger partial charge on any atom is 0.415 e. The van der Waals surface area contributed by atoms with Crippen LogP contribution in [0.25, 0.3) is 11.0 Å². The van der Waals surface area contributed by atoms with Crippen molar-refractivity contribution in [3.63, 3.8) is 0 Å². The van der Waals surface area contributed by atoms with Crippen molar-refractivity contribution in [1.82, 2.24) is 9.97 Å². The number of H-pyrrole nitrogens is 1. The second-order valence-corrected chi connectivity index (χ2v) is 5.56. The monoisotopic (exact) mass is 313 g/mol. The molecule has 1 N–H and O–H groups in total. The highest BCUT2D eigenvalue weighted by Gasteiger charge is 2.35. The number of ether oxygens (including phenoxy) is 1. The molecular formula is C16H12ClN3O2. The topological polar surface area (TPSA) is 58.2 Å². The van der Waals surface area contributed by atoms with Gasteiger partial charge in [0.1, 0.15) is 6.61 Å². The molecule has 1 aliphatic rings. The first-order chi connectivity index (χ1) is 10.7. The van der Waals surface area contributed by atoms with Gasteiger partial charge in [-0.3, -0.25) is 4.90 Å². The van der Waals surface area contributed by atoms with E-state index in [-0.39, 0.29) is 12.1 Å². The molecule has 2 aromatic carbocycles. The minimum Gasteiger partial charge on any atom is -0.447 e. The number of nitrogens with zero attached hydrogens (tertiary/aromatic N) is 2. The third kappa shape index (κ3) is 2.10. The summed E-state index contributed by atoms with van der Waals surface area (Å²) in [5, 5.41) is 0.640. The van der Waals surface area contributed by atoms with Crippen molar-refractivity contribution in [3.05, 3.63) is 59.4 Å². The van der Waals surface area contributed by atoms with Gasteiger partial charge in [-0.05, 0) is 35.9 Å². The first kappa shape index (κ1) is 13.2. The number of fused-ring (bicyclic) bond motifs is 1. The van der Waals surface area contributed by atoms with E-state index in [1.54, 1.807) is 11.2 Å². The summed E-state index contributed by atoms with van der Waals surface area (Å²) in [5.41, 5.74) is 3.45. The van der Waals surface area contributed by atoms with Crippen LogP contribution in [0.5, 0.6) is 0 Å². The average Bonchev–Trinajstić information content (AvgIpc) is 3.12. The van der Waals surface area contributed by atoms with E-state index < -0.39 is 0 Å². The van der Waals surface area contributed by atoms with Gasteiger partial charge in [-0.15, -0.1) is 0 Å². The number of hydrogen-bond donors (Lipinski definition) is 1. The van der Waals surface area contributed by atoms with Crippen molar-refractivity contribution in [3.8, 4) is 0 Å². The lowest BCUT2D eigenvalue weighted by Crippen LogP contribution is -2.27. The first-order valence-corrected chi connectivity index (χ1v) is 7.25. The Bertz CT molecular complexity index is 861. The van der Waals surface area contributed by atoms with Crippen molar-refractivity contribution in [2.45, 2.75) is 6.04 Å². The summed E-state index contributed by atoms with van der Waals surface area (Å²) in [5.74, 6) is 0. The van der Waals surface area contributed by atoms with Crippen LogP contribution in [-0.2, 0) is 4.74 Å². The number of imidazole rings is 1. The molecule has 0 spiro atoms. The molecule has 5 nitrogen and oxygen atoms in total. The van der Waals surface area contributed by atoms with E-state index in [2.05, 4.69) is 9.97 Å². The van der Waals surface area contributed by atoms with Crippen LogP contribution in [-0.4, -0.2) is 22.7 Å². The number of carbonyl (C=O) groups is 1. The van der Waals surface area contributed by atoms with Crippen molar-refractivity contribution in [2.24, 2.45) is 0 Å². The second kappa shape index (κ2) is 5.03. The zero-order valence-electron chi connectivity index (χ0n) is 11.5. The van der Waals surface area contributed by atoms with Gasteiger partial charge in [0.2, 0.25) is 0 Å². The molecule has 2 heterocycles. The van der Waals surface area contributed by atoms with Crippen LogP contribution in [0.3, 0.4) is 0 Å². The van der Waals surface area contributed by atoms with Gasteiger partial charge >= 0.3 is 6.09 Å². The number of hydrogen-bond acceptors (Lipinski definition) is 3. The fraction of sp³-hybridized carbons (Fsp3) is 0.125. The van der Waals surface area contributed by atoms with E-state index in [9.17, 15) is 4.79 Å². The van der Waals surface area contributed by atoms with E-state index in [4.69, 9.17) is 16.3 Å². The number of nitrogens with one attached hydrogen (secondary N) is 1. The van der Waals surface area contributed by atoms with Gasteiger partial charge in [0, 0.05) is 5.02 Å². The Morgan fingerprint density at radius 1 is 1.27 bits per heavy atom. The Morgan fingerprint density at radius 2 is 2.18 bits per heavy atom. The Labute approximate surface area is 131 Å². The molecule has 1 aromatic heterocycles.